The van der Waals surface area contributed by atoms with E-state index in [-0.39, 0.29) is 40.8 Å². The summed E-state index contributed by atoms with van der Waals surface area (Å²) in [5.41, 5.74) is -0.232. The molecular weight excluding hydrogens is 405 g/mol. The van der Waals surface area contributed by atoms with E-state index < -0.39 is 18.0 Å². The average Bonchev–Trinajstić information content (AvgIpc) is 2.97. The smallest absolute Gasteiger partial charge is 0.405 e. The van der Waals surface area contributed by atoms with E-state index in [1.165, 1.54) is 30.7 Å². The lowest BCUT2D eigenvalue weighted by molar-refractivity contribution is -0.274. The predicted octanol–water partition coefficient (Wildman–Crippen LogP) is 2.04. The zero-order valence-corrected chi connectivity index (χ0v) is 15.8. The van der Waals surface area contributed by atoms with Gasteiger partial charge in [-0.05, 0) is 29.0 Å². The molecule has 0 atom stereocenters. The van der Waals surface area contributed by atoms with Gasteiger partial charge in [0.2, 0.25) is 11.9 Å². The quantitative estimate of drug-likeness (QED) is 0.767. The Hall–Kier alpha value is -2.89. The van der Waals surface area contributed by atoms with Crippen molar-refractivity contribution in [2.24, 2.45) is 7.05 Å². The van der Waals surface area contributed by atoms with Gasteiger partial charge in [0, 0.05) is 33.1 Å². The molecule has 0 unspecified atom stereocenters. The van der Waals surface area contributed by atoms with E-state index >= 15 is 0 Å². The number of anilines is 1. The lowest BCUT2D eigenvalue weighted by atomic mass is 10.0. The van der Waals surface area contributed by atoms with Crippen LogP contribution in [0.3, 0.4) is 0 Å². The molecule has 1 aromatic heterocycles. The number of aryl methyl sites for hydroxylation is 1. The van der Waals surface area contributed by atoms with Gasteiger partial charge in [-0.15, -0.1) is 13.2 Å². The van der Waals surface area contributed by atoms with Gasteiger partial charge in [0.15, 0.2) is 0 Å². The number of alkyl halides is 3. The molecule has 13 heteroatoms. The van der Waals surface area contributed by atoms with Crippen molar-refractivity contribution >= 4 is 29.4 Å². The Kier molecular flexibility index (Phi) is 6.44. The second-order valence-electron chi connectivity index (χ2n) is 5.82. The summed E-state index contributed by atoms with van der Waals surface area (Å²) < 4.78 is 43.2. The number of tetrazole rings is 1. The lowest BCUT2D eigenvalue weighted by Gasteiger charge is -2.17. The van der Waals surface area contributed by atoms with Gasteiger partial charge in [-0.2, -0.15) is 0 Å². The molecule has 0 fully saturated rings. The van der Waals surface area contributed by atoms with Crippen molar-refractivity contribution in [3.05, 3.63) is 28.3 Å². The third-order valence-electron chi connectivity index (χ3n) is 3.60. The first kappa shape index (κ1) is 21.4. The Bertz CT molecular complexity index is 884. The Morgan fingerprint density at radius 3 is 2.54 bits per heavy atom. The van der Waals surface area contributed by atoms with Crippen LogP contribution < -0.4 is 10.1 Å². The van der Waals surface area contributed by atoms with Crippen molar-refractivity contribution in [3.8, 4) is 5.75 Å². The fourth-order valence-electron chi connectivity index (χ4n) is 2.19. The number of halogens is 4. The summed E-state index contributed by atoms with van der Waals surface area (Å²) in [5.74, 6) is -1.63. The van der Waals surface area contributed by atoms with Crippen molar-refractivity contribution in [3.63, 3.8) is 0 Å². The van der Waals surface area contributed by atoms with Crippen LogP contribution in [-0.2, 0) is 18.3 Å². The van der Waals surface area contributed by atoms with Crippen LogP contribution in [0.2, 0.25) is 5.02 Å². The minimum absolute atomic E-state index is 0.0148. The van der Waals surface area contributed by atoms with Crippen molar-refractivity contribution in [2.45, 2.75) is 19.2 Å². The summed E-state index contributed by atoms with van der Waals surface area (Å²) in [6.07, 6.45) is -5.25. The van der Waals surface area contributed by atoms with Gasteiger partial charge in [0.1, 0.15) is 5.75 Å². The Morgan fingerprint density at radius 2 is 2.00 bits per heavy atom. The monoisotopic (exact) mass is 420 g/mol. The molecule has 152 valence electrons. The number of benzene rings is 1. The number of hydrogen-bond acceptors (Lipinski definition) is 6. The van der Waals surface area contributed by atoms with Crippen LogP contribution in [0, 0.1) is 0 Å². The maximum atomic E-state index is 12.7. The Morgan fingerprint density at radius 1 is 1.32 bits per heavy atom. The molecular formula is C15H16ClF3N6O3. The maximum Gasteiger partial charge on any atom is 0.573 e. The molecule has 2 aromatic rings. The molecule has 2 rings (SSSR count). The van der Waals surface area contributed by atoms with Crippen molar-refractivity contribution in [1.29, 1.82) is 0 Å². The van der Waals surface area contributed by atoms with Crippen molar-refractivity contribution < 1.29 is 27.5 Å². The zero-order valence-electron chi connectivity index (χ0n) is 15.0. The van der Waals surface area contributed by atoms with Gasteiger partial charge in [-0.3, -0.25) is 14.9 Å². The van der Waals surface area contributed by atoms with Gasteiger partial charge in [-0.1, -0.05) is 16.7 Å². The third kappa shape index (κ3) is 5.31. The summed E-state index contributed by atoms with van der Waals surface area (Å²) in [6, 6.07) is 2.05. The molecule has 9 nitrogen and oxygen atoms in total. The second-order valence-corrected chi connectivity index (χ2v) is 6.20. The van der Waals surface area contributed by atoms with Crippen LogP contribution in [0.15, 0.2) is 12.1 Å². The van der Waals surface area contributed by atoms with Crippen molar-refractivity contribution in [2.75, 3.05) is 19.4 Å². The van der Waals surface area contributed by atoms with Gasteiger partial charge in [0.25, 0.3) is 5.91 Å². The van der Waals surface area contributed by atoms with Crippen LogP contribution in [-0.4, -0.2) is 57.4 Å². The lowest BCUT2D eigenvalue weighted by Crippen LogP contribution is -2.23. The van der Waals surface area contributed by atoms with Gasteiger partial charge < -0.3 is 9.64 Å². The molecule has 2 amide bonds. The third-order valence-corrected chi connectivity index (χ3v) is 4.04. The number of nitrogens with one attached hydrogen (secondary N) is 1. The maximum absolute atomic E-state index is 12.7. The van der Waals surface area contributed by atoms with E-state index in [2.05, 4.69) is 25.6 Å². The summed E-state index contributed by atoms with van der Waals surface area (Å²) in [6.45, 7) is 0. The predicted molar refractivity (Wildman–Crippen MR) is 91.9 cm³/mol. The fraction of sp³-hybridized carbons (Fsp3) is 0.400. The number of ether oxygens (including phenoxy) is 1. The summed E-state index contributed by atoms with van der Waals surface area (Å²) in [7, 11) is 4.50. The summed E-state index contributed by atoms with van der Waals surface area (Å²) >= 11 is 6.19. The van der Waals surface area contributed by atoms with E-state index in [1.54, 1.807) is 0 Å². The second kappa shape index (κ2) is 8.42. The highest BCUT2D eigenvalue weighted by Crippen LogP contribution is 2.35. The SMILES string of the molecule is CN(C)C(=O)CCc1c(OC(F)(F)F)ccc(C(=O)Nc2nnnn2C)c1Cl. The average molecular weight is 421 g/mol. The molecule has 1 N–H and O–H groups in total. The standard InChI is InChI=1S/C15H16ClF3N6O3/c1-24(2)11(26)7-5-8-10(28-15(17,18)19)6-4-9(12(8)16)13(27)20-14-21-22-23-25(14)3/h4,6H,5,7H2,1-3H3,(H,20,21,23,27). The summed E-state index contributed by atoms with van der Waals surface area (Å²) in [4.78, 5) is 25.5. The first-order valence-corrected chi connectivity index (χ1v) is 8.18. The number of carbonyl (C=O) groups is 2. The molecule has 0 aliphatic rings. The Labute approximate surface area is 162 Å². The Balaban J connectivity index is 2.36. The topological polar surface area (TPSA) is 102 Å². The van der Waals surface area contributed by atoms with Gasteiger partial charge in [-0.25, -0.2) is 4.68 Å². The molecule has 0 saturated heterocycles. The minimum atomic E-state index is -4.96. The zero-order chi connectivity index (χ0) is 21.1. The number of nitrogens with zero attached hydrogens (tertiary/aromatic N) is 5. The highest BCUT2D eigenvalue weighted by Gasteiger charge is 2.33. The minimum Gasteiger partial charge on any atom is -0.405 e. The van der Waals surface area contributed by atoms with Crippen LogP contribution in [0.1, 0.15) is 22.3 Å². The van der Waals surface area contributed by atoms with E-state index in [4.69, 9.17) is 11.6 Å². The van der Waals surface area contributed by atoms with Crippen LogP contribution in [0.4, 0.5) is 19.1 Å². The van der Waals surface area contributed by atoms with Crippen LogP contribution in [0.25, 0.3) is 0 Å². The van der Waals surface area contributed by atoms with E-state index in [1.807, 2.05) is 0 Å². The molecule has 0 saturated carbocycles. The molecule has 0 aliphatic carbocycles. The van der Waals surface area contributed by atoms with E-state index in [0.29, 0.717) is 0 Å². The van der Waals surface area contributed by atoms with Crippen molar-refractivity contribution in [1.82, 2.24) is 25.1 Å². The number of hydrogen-bond donors (Lipinski definition) is 1. The van der Waals surface area contributed by atoms with Gasteiger partial charge in [0.05, 0.1) is 10.6 Å². The molecule has 0 bridgehead atoms. The molecule has 0 radical (unpaired) electrons. The van der Waals surface area contributed by atoms with Crippen LogP contribution in [0.5, 0.6) is 5.75 Å². The highest BCUT2D eigenvalue weighted by molar-refractivity contribution is 6.35. The molecule has 1 aromatic carbocycles. The summed E-state index contributed by atoms with van der Waals surface area (Å²) in [5, 5.41) is 12.6. The number of rotatable bonds is 6. The highest BCUT2D eigenvalue weighted by atomic mass is 35.5. The normalized spacial score (nSPS) is 11.2. The number of aromatic nitrogens is 4. The van der Waals surface area contributed by atoms with E-state index in [9.17, 15) is 22.8 Å². The molecule has 1 heterocycles. The number of carbonyl (C=O) groups excluding carboxylic acids is 2. The molecule has 0 spiro atoms. The fourth-order valence-corrected chi connectivity index (χ4v) is 2.53. The van der Waals surface area contributed by atoms with Gasteiger partial charge >= 0.3 is 6.36 Å². The number of amides is 2. The molecule has 28 heavy (non-hydrogen) atoms. The first-order chi connectivity index (χ1) is 13.0. The largest absolute Gasteiger partial charge is 0.573 e. The van der Waals surface area contributed by atoms with Crippen LogP contribution >= 0.6 is 11.6 Å². The van der Waals surface area contributed by atoms with E-state index in [0.717, 1.165) is 12.1 Å². The molecule has 0 aliphatic heterocycles. The first-order valence-electron chi connectivity index (χ1n) is 7.80.